The number of carbonyl (C=O) groups is 1. The Balaban J connectivity index is 1.44. The average Bonchev–Trinajstić information content (AvgIpc) is 2.67. The Labute approximate surface area is 141 Å². The van der Waals surface area contributed by atoms with Gasteiger partial charge in [0, 0.05) is 13.1 Å². The molecule has 0 spiro atoms. The summed E-state index contributed by atoms with van der Waals surface area (Å²) < 4.78 is 5.53. The van der Waals surface area contributed by atoms with Gasteiger partial charge in [-0.15, -0.1) is 10.2 Å². The first kappa shape index (κ1) is 16.2. The highest BCUT2D eigenvalue weighted by Gasteiger charge is 2.14. The van der Waals surface area contributed by atoms with E-state index in [2.05, 4.69) is 20.4 Å². The van der Waals surface area contributed by atoms with Crippen molar-refractivity contribution < 1.29 is 9.53 Å². The Morgan fingerprint density at radius 3 is 2.54 bits per heavy atom. The van der Waals surface area contributed by atoms with Gasteiger partial charge in [-0.05, 0) is 43.5 Å². The maximum absolute atomic E-state index is 12.1. The van der Waals surface area contributed by atoms with Crippen LogP contribution in [0.5, 0.6) is 5.75 Å². The third-order valence-electron chi connectivity index (χ3n) is 3.96. The fraction of sp³-hybridized carbons (Fsp3) is 0.389. The lowest BCUT2D eigenvalue weighted by molar-refractivity contribution is 0.0941. The van der Waals surface area contributed by atoms with Crippen LogP contribution in [0.15, 0.2) is 42.5 Å². The molecular formula is C18H22N4O2. The van der Waals surface area contributed by atoms with Crippen LogP contribution in [-0.4, -0.2) is 42.3 Å². The molecule has 3 rings (SSSR count). The number of ether oxygens (including phenoxy) is 1. The molecule has 126 valence electrons. The van der Waals surface area contributed by atoms with E-state index >= 15 is 0 Å². The molecule has 1 aliphatic rings. The number of nitrogens with zero attached hydrogens (tertiary/aromatic N) is 3. The summed E-state index contributed by atoms with van der Waals surface area (Å²) in [5, 5.41) is 11.0. The number of carbonyl (C=O) groups excluding carboxylic acids is 1. The Hall–Kier alpha value is -2.63. The third kappa shape index (κ3) is 4.44. The van der Waals surface area contributed by atoms with Gasteiger partial charge >= 0.3 is 0 Å². The zero-order chi connectivity index (χ0) is 16.6. The molecule has 0 radical (unpaired) electrons. The van der Waals surface area contributed by atoms with Gasteiger partial charge in [-0.1, -0.05) is 18.2 Å². The van der Waals surface area contributed by atoms with E-state index in [0.29, 0.717) is 18.8 Å². The van der Waals surface area contributed by atoms with Crippen molar-refractivity contribution in [3.05, 3.63) is 48.2 Å². The van der Waals surface area contributed by atoms with E-state index in [4.69, 9.17) is 4.74 Å². The summed E-state index contributed by atoms with van der Waals surface area (Å²) in [5.41, 5.74) is 0.329. The first-order valence-electron chi connectivity index (χ1n) is 8.38. The summed E-state index contributed by atoms with van der Waals surface area (Å²) in [6, 6.07) is 13.1. The molecule has 1 aliphatic heterocycles. The molecule has 24 heavy (non-hydrogen) atoms. The number of hydrogen-bond acceptors (Lipinski definition) is 5. The van der Waals surface area contributed by atoms with Gasteiger partial charge in [0.15, 0.2) is 11.5 Å². The maximum atomic E-state index is 12.1. The predicted molar refractivity (Wildman–Crippen MR) is 92.4 cm³/mol. The van der Waals surface area contributed by atoms with Crippen LogP contribution in [0.1, 0.15) is 29.8 Å². The zero-order valence-electron chi connectivity index (χ0n) is 13.6. The molecule has 2 heterocycles. The van der Waals surface area contributed by atoms with E-state index in [0.717, 1.165) is 24.7 Å². The van der Waals surface area contributed by atoms with E-state index in [9.17, 15) is 4.79 Å². The Morgan fingerprint density at radius 1 is 1.04 bits per heavy atom. The minimum atomic E-state index is -0.232. The third-order valence-corrected chi connectivity index (χ3v) is 3.96. The van der Waals surface area contributed by atoms with Crippen molar-refractivity contribution in [1.82, 2.24) is 15.5 Å². The number of aromatic nitrogens is 2. The van der Waals surface area contributed by atoms with Gasteiger partial charge in [-0.25, -0.2) is 0 Å². The van der Waals surface area contributed by atoms with Crippen molar-refractivity contribution in [3.8, 4) is 5.75 Å². The maximum Gasteiger partial charge on any atom is 0.271 e. The number of piperidine rings is 1. The van der Waals surface area contributed by atoms with E-state index in [-0.39, 0.29) is 5.91 Å². The van der Waals surface area contributed by atoms with Gasteiger partial charge in [0.2, 0.25) is 0 Å². The molecule has 0 unspecified atom stereocenters. The second kappa shape index (κ2) is 8.29. The molecule has 6 heteroatoms. The minimum Gasteiger partial charge on any atom is -0.492 e. The Bertz CT molecular complexity index is 640. The number of hydrogen-bond donors (Lipinski definition) is 1. The van der Waals surface area contributed by atoms with Crippen molar-refractivity contribution in [2.75, 3.05) is 31.1 Å². The Kier molecular flexibility index (Phi) is 5.61. The highest BCUT2D eigenvalue weighted by Crippen LogP contribution is 2.16. The molecule has 0 atom stereocenters. The largest absolute Gasteiger partial charge is 0.492 e. The topological polar surface area (TPSA) is 67.3 Å². The summed E-state index contributed by atoms with van der Waals surface area (Å²) in [7, 11) is 0. The zero-order valence-corrected chi connectivity index (χ0v) is 13.6. The second-order valence-corrected chi connectivity index (χ2v) is 5.74. The smallest absolute Gasteiger partial charge is 0.271 e. The van der Waals surface area contributed by atoms with Gasteiger partial charge in [0.05, 0.1) is 6.54 Å². The van der Waals surface area contributed by atoms with E-state index in [1.807, 2.05) is 36.4 Å². The fourth-order valence-corrected chi connectivity index (χ4v) is 2.68. The first-order chi connectivity index (χ1) is 11.8. The molecule has 1 saturated heterocycles. The number of anilines is 1. The molecule has 0 bridgehead atoms. The molecule has 0 aliphatic carbocycles. The van der Waals surface area contributed by atoms with Crippen molar-refractivity contribution >= 4 is 11.7 Å². The van der Waals surface area contributed by atoms with Crippen LogP contribution < -0.4 is 15.0 Å². The van der Waals surface area contributed by atoms with Crippen LogP contribution in [0.2, 0.25) is 0 Å². The molecule has 1 aromatic heterocycles. The molecule has 2 aromatic rings. The number of benzene rings is 1. The summed E-state index contributed by atoms with van der Waals surface area (Å²) in [6.45, 7) is 2.85. The molecule has 1 amide bonds. The molecule has 1 N–H and O–H groups in total. The summed E-state index contributed by atoms with van der Waals surface area (Å²) >= 11 is 0. The van der Waals surface area contributed by atoms with Crippen LogP contribution in [0.3, 0.4) is 0 Å². The van der Waals surface area contributed by atoms with E-state index in [1.165, 1.54) is 19.3 Å². The molecule has 0 saturated carbocycles. The number of nitrogens with one attached hydrogen (secondary N) is 1. The highest BCUT2D eigenvalue weighted by molar-refractivity contribution is 5.92. The SMILES string of the molecule is O=C(NCCOc1ccccc1)c1ccc(N2CCCCC2)nn1. The lowest BCUT2D eigenvalue weighted by Crippen LogP contribution is -2.31. The van der Waals surface area contributed by atoms with Crippen LogP contribution in [0, 0.1) is 0 Å². The standard InChI is InChI=1S/C18H22N4O2/c23-18(19-11-14-24-15-7-3-1-4-8-15)16-9-10-17(21-20-16)22-12-5-2-6-13-22/h1,3-4,7-10H,2,5-6,11-14H2,(H,19,23). The van der Waals surface area contributed by atoms with Crippen molar-refractivity contribution in [2.45, 2.75) is 19.3 Å². The van der Waals surface area contributed by atoms with E-state index in [1.54, 1.807) is 6.07 Å². The Morgan fingerprint density at radius 2 is 1.83 bits per heavy atom. The van der Waals surface area contributed by atoms with Gasteiger partial charge in [-0.3, -0.25) is 4.79 Å². The lowest BCUT2D eigenvalue weighted by atomic mass is 10.1. The molecular weight excluding hydrogens is 304 g/mol. The highest BCUT2D eigenvalue weighted by atomic mass is 16.5. The number of rotatable bonds is 6. The van der Waals surface area contributed by atoms with Crippen LogP contribution in [0.4, 0.5) is 5.82 Å². The summed E-state index contributed by atoms with van der Waals surface area (Å²) in [6.07, 6.45) is 3.64. The normalized spacial score (nSPS) is 14.2. The van der Waals surface area contributed by atoms with E-state index < -0.39 is 0 Å². The monoisotopic (exact) mass is 326 g/mol. The van der Waals surface area contributed by atoms with Gasteiger partial charge in [0.1, 0.15) is 12.4 Å². The van der Waals surface area contributed by atoms with Crippen LogP contribution in [0.25, 0.3) is 0 Å². The quantitative estimate of drug-likeness (QED) is 0.825. The minimum absolute atomic E-state index is 0.232. The van der Waals surface area contributed by atoms with Gasteiger partial charge in [-0.2, -0.15) is 0 Å². The second-order valence-electron chi connectivity index (χ2n) is 5.74. The molecule has 6 nitrogen and oxygen atoms in total. The van der Waals surface area contributed by atoms with Gasteiger partial charge < -0.3 is 15.0 Å². The van der Waals surface area contributed by atoms with Crippen molar-refractivity contribution in [1.29, 1.82) is 0 Å². The van der Waals surface area contributed by atoms with Crippen LogP contribution >= 0.6 is 0 Å². The van der Waals surface area contributed by atoms with Crippen molar-refractivity contribution in [2.24, 2.45) is 0 Å². The fourth-order valence-electron chi connectivity index (χ4n) is 2.68. The van der Waals surface area contributed by atoms with Gasteiger partial charge in [0.25, 0.3) is 5.91 Å². The number of amides is 1. The van der Waals surface area contributed by atoms with Crippen molar-refractivity contribution in [3.63, 3.8) is 0 Å². The molecule has 1 fully saturated rings. The predicted octanol–water partition coefficient (Wildman–Crippen LogP) is 2.28. The summed E-state index contributed by atoms with van der Waals surface area (Å²) in [5.74, 6) is 1.40. The number of para-hydroxylation sites is 1. The molecule has 1 aromatic carbocycles. The lowest BCUT2D eigenvalue weighted by Gasteiger charge is -2.27. The van der Waals surface area contributed by atoms with Crippen LogP contribution in [-0.2, 0) is 0 Å². The first-order valence-corrected chi connectivity index (χ1v) is 8.38. The summed E-state index contributed by atoms with van der Waals surface area (Å²) in [4.78, 5) is 14.3. The average molecular weight is 326 g/mol.